The lowest BCUT2D eigenvalue weighted by Crippen LogP contribution is -2.46. The summed E-state index contributed by atoms with van der Waals surface area (Å²) < 4.78 is 0. The van der Waals surface area contributed by atoms with Crippen LogP contribution in [-0.2, 0) is 4.79 Å². The van der Waals surface area contributed by atoms with Gasteiger partial charge in [-0.25, -0.2) is 0 Å². The zero-order valence-corrected chi connectivity index (χ0v) is 15.2. The number of piperazine rings is 1. The third-order valence-electron chi connectivity index (χ3n) is 5.62. The normalized spacial score (nSPS) is 20.1. The lowest BCUT2D eigenvalue weighted by molar-refractivity contribution is -0.117. The van der Waals surface area contributed by atoms with Gasteiger partial charge in [-0.2, -0.15) is 0 Å². The summed E-state index contributed by atoms with van der Waals surface area (Å²) in [4.78, 5) is 17.2. The number of nitrogens with zero attached hydrogens (tertiary/aromatic N) is 2. The molecule has 4 heteroatoms. The van der Waals surface area contributed by atoms with E-state index < -0.39 is 0 Å². The first-order valence-corrected chi connectivity index (χ1v) is 9.73. The molecule has 4 nitrogen and oxygen atoms in total. The Labute approximate surface area is 155 Å². The number of fused-ring (bicyclic) bond motifs is 1. The van der Waals surface area contributed by atoms with Crippen molar-refractivity contribution < 1.29 is 4.79 Å². The first kappa shape index (κ1) is 17.1. The molecule has 1 saturated heterocycles. The molecule has 2 heterocycles. The van der Waals surface area contributed by atoms with Gasteiger partial charge in [-0.05, 0) is 43.1 Å². The van der Waals surface area contributed by atoms with Gasteiger partial charge in [-0.3, -0.25) is 9.69 Å². The Morgan fingerprint density at radius 2 is 1.62 bits per heavy atom. The van der Waals surface area contributed by atoms with E-state index >= 15 is 0 Å². The summed E-state index contributed by atoms with van der Waals surface area (Å²) in [6, 6.07) is 18.8. The third-order valence-corrected chi connectivity index (χ3v) is 5.62. The van der Waals surface area contributed by atoms with Crippen LogP contribution in [0.2, 0.25) is 0 Å². The van der Waals surface area contributed by atoms with Crippen molar-refractivity contribution in [2.24, 2.45) is 0 Å². The van der Waals surface area contributed by atoms with Gasteiger partial charge in [0.1, 0.15) is 0 Å². The minimum Gasteiger partial charge on any atom is -0.369 e. The van der Waals surface area contributed by atoms with E-state index in [1.54, 1.807) is 0 Å². The number of benzene rings is 2. The Bertz CT molecular complexity index is 738. The summed E-state index contributed by atoms with van der Waals surface area (Å²) in [5, 5.41) is 3.00. The van der Waals surface area contributed by atoms with Crippen LogP contribution in [0.1, 0.15) is 30.7 Å². The molecule has 0 radical (unpaired) electrons. The third kappa shape index (κ3) is 3.75. The molecule has 1 fully saturated rings. The first-order valence-electron chi connectivity index (χ1n) is 9.73. The Morgan fingerprint density at radius 1 is 0.885 bits per heavy atom. The summed E-state index contributed by atoms with van der Waals surface area (Å²) in [7, 11) is 0. The molecule has 0 saturated carbocycles. The summed E-state index contributed by atoms with van der Waals surface area (Å²) in [6.45, 7) is 5.59. The molecular weight excluding hydrogens is 322 g/mol. The predicted octanol–water partition coefficient (Wildman–Crippen LogP) is 3.71. The molecule has 2 aromatic carbocycles. The van der Waals surface area contributed by atoms with Crippen molar-refractivity contribution in [3.05, 3.63) is 60.2 Å². The van der Waals surface area contributed by atoms with Crippen LogP contribution in [0.5, 0.6) is 0 Å². The number of nitrogens with one attached hydrogen (secondary N) is 1. The molecule has 2 aliphatic rings. The molecule has 1 amide bonds. The minimum atomic E-state index is 0.0427. The maximum Gasteiger partial charge on any atom is 0.232 e. The Balaban J connectivity index is 1.19. The second-order valence-electron chi connectivity index (χ2n) is 7.29. The molecule has 1 unspecified atom stereocenters. The van der Waals surface area contributed by atoms with Crippen LogP contribution in [0.25, 0.3) is 0 Å². The highest BCUT2D eigenvalue weighted by Gasteiger charge is 2.29. The van der Waals surface area contributed by atoms with Crippen molar-refractivity contribution in [2.45, 2.75) is 25.2 Å². The Kier molecular flexibility index (Phi) is 5.21. The average molecular weight is 349 g/mol. The van der Waals surface area contributed by atoms with Crippen LogP contribution in [0.15, 0.2) is 54.6 Å². The Hall–Kier alpha value is -2.33. The predicted molar refractivity (Wildman–Crippen MR) is 107 cm³/mol. The van der Waals surface area contributed by atoms with Gasteiger partial charge in [0.15, 0.2) is 0 Å². The maximum atomic E-state index is 12.2. The van der Waals surface area contributed by atoms with Crippen LogP contribution in [0.3, 0.4) is 0 Å². The van der Waals surface area contributed by atoms with E-state index in [1.165, 1.54) is 11.3 Å². The average Bonchev–Trinajstić information content (AvgIpc) is 3.01. The number of amides is 1. The van der Waals surface area contributed by atoms with Crippen LogP contribution in [0.4, 0.5) is 11.4 Å². The SMILES string of the molecule is O=C1Nc2ccccc2C1CCCCN1CCN(c2ccccc2)CC1. The van der Waals surface area contributed by atoms with Crippen molar-refractivity contribution in [3.8, 4) is 0 Å². The second kappa shape index (κ2) is 7.92. The van der Waals surface area contributed by atoms with E-state index in [4.69, 9.17) is 0 Å². The van der Waals surface area contributed by atoms with Gasteiger partial charge in [0.05, 0.1) is 5.92 Å². The molecule has 2 aromatic rings. The molecule has 0 aliphatic carbocycles. The van der Waals surface area contributed by atoms with Crippen molar-refractivity contribution in [2.75, 3.05) is 42.9 Å². The summed E-state index contributed by atoms with van der Waals surface area (Å²) in [5.74, 6) is 0.212. The summed E-state index contributed by atoms with van der Waals surface area (Å²) >= 11 is 0. The molecule has 4 rings (SSSR count). The molecule has 0 aromatic heterocycles. The topological polar surface area (TPSA) is 35.6 Å². The fourth-order valence-electron chi connectivity index (χ4n) is 4.11. The quantitative estimate of drug-likeness (QED) is 0.808. The number of para-hydroxylation sites is 2. The first-order chi connectivity index (χ1) is 12.8. The number of rotatable bonds is 6. The van der Waals surface area contributed by atoms with Gasteiger partial charge >= 0.3 is 0 Å². The van der Waals surface area contributed by atoms with Gasteiger partial charge in [-0.1, -0.05) is 42.8 Å². The van der Waals surface area contributed by atoms with Crippen molar-refractivity contribution in [1.29, 1.82) is 0 Å². The Morgan fingerprint density at radius 3 is 2.42 bits per heavy atom. The number of carbonyl (C=O) groups excluding carboxylic acids is 1. The zero-order valence-electron chi connectivity index (χ0n) is 15.2. The van der Waals surface area contributed by atoms with Crippen LogP contribution in [0, 0.1) is 0 Å². The van der Waals surface area contributed by atoms with Gasteiger partial charge < -0.3 is 10.2 Å². The lowest BCUT2D eigenvalue weighted by Gasteiger charge is -2.36. The van der Waals surface area contributed by atoms with E-state index in [9.17, 15) is 4.79 Å². The molecular formula is C22H27N3O. The highest BCUT2D eigenvalue weighted by molar-refractivity contribution is 6.02. The van der Waals surface area contributed by atoms with Crippen molar-refractivity contribution in [1.82, 2.24) is 4.90 Å². The number of anilines is 2. The lowest BCUT2D eigenvalue weighted by atomic mass is 9.95. The van der Waals surface area contributed by atoms with E-state index in [2.05, 4.69) is 51.5 Å². The molecule has 1 N–H and O–H groups in total. The highest BCUT2D eigenvalue weighted by Crippen LogP contribution is 2.35. The van der Waals surface area contributed by atoms with Crippen LogP contribution in [-0.4, -0.2) is 43.5 Å². The molecule has 2 aliphatic heterocycles. The number of unbranched alkanes of at least 4 members (excludes halogenated alkanes) is 1. The molecule has 26 heavy (non-hydrogen) atoms. The standard InChI is InChI=1S/C22H27N3O/c26-22-20(19-10-4-5-12-21(19)23-22)11-6-7-13-24-14-16-25(17-15-24)18-8-2-1-3-9-18/h1-5,8-10,12,20H,6-7,11,13-17H2,(H,23,26). The maximum absolute atomic E-state index is 12.2. The number of hydrogen-bond donors (Lipinski definition) is 1. The highest BCUT2D eigenvalue weighted by atomic mass is 16.2. The van der Waals surface area contributed by atoms with Crippen molar-refractivity contribution in [3.63, 3.8) is 0 Å². The monoisotopic (exact) mass is 349 g/mol. The fraction of sp³-hybridized carbons (Fsp3) is 0.409. The van der Waals surface area contributed by atoms with E-state index in [1.807, 2.05) is 18.2 Å². The summed E-state index contributed by atoms with van der Waals surface area (Å²) in [5.41, 5.74) is 3.51. The fourth-order valence-corrected chi connectivity index (χ4v) is 4.11. The van der Waals surface area contributed by atoms with Gasteiger partial charge in [-0.15, -0.1) is 0 Å². The largest absolute Gasteiger partial charge is 0.369 e. The molecule has 1 atom stereocenters. The zero-order chi connectivity index (χ0) is 17.8. The van der Waals surface area contributed by atoms with Crippen molar-refractivity contribution >= 4 is 17.3 Å². The second-order valence-corrected chi connectivity index (χ2v) is 7.29. The molecule has 0 bridgehead atoms. The van der Waals surface area contributed by atoms with E-state index in [0.717, 1.165) is 57.7 Å². The van der Waals surface area contributed by atoms with Gasteiger partial charge in [0, 0.05) is 37.6 Å². The number of carbonyl (C=O) groups is 1. The summed E-state index contributed by atoms with van der Waals surface area (Å²) in [6.07, 6.45) is 3.22. The number of hydrogen-bond acceptors (Lipinski definition) is 3. The van der Waals surface area contributed by atoms with Crippen LogP contribution >= 0.6 is 0 Å². The minimum absolute atomic E-state index is 0.0427. The van der Waals surface area contributed by atoms with E-state index in [0.29, 0.717) is 0 Å². The van der Waals surface area contributed by atoms with Crippen LogP contribution < -0.4 is 10.2 Å². The molecule has 0 spiro atoms. The molecule has 136 valence electrons. The van der Waals surface area contributed by atoms with Gasteiger partial charge in [0.2, 0.25) is 5.91 Å². The smallest absolute Gasteiger partial charge is 0.232 e. The van der Waals surface area contributed by atoms with E-state index in [-0.39, 0.29) is 11.8 Å². The van der Waals surface area contributed by atoms with Gasteiger partial charge in [0.25, 0.3) is 0 Å².